The number of benzene rings is 1. The van der Waals surface area contributed by atoms with Crippen molar-refractivity contribution in [2.24, 2.45) is 5.73 Å². The number of sulfonamides is 1. The fourth-order valence-corrected chi connectivity index (χ4v) is 4.77. The quantitative estimate of drug-likeness (QED) is 0.737. The predicted octanol–water partition coefficient (Wildman–Crippen LogP) is 0.440. The van der Waals surface area contributed by atoms with E-state index in [1.165, 1.54) is 16.4 Å². The molecular formula is C19H21N3O7S. The normalized spacial score (nSPS) is 22.0. The maximum absolute atomic E-state index is 13.0. The molecule has 2 aromatic rings. The van der Waals surface area contributed by atoms with Gasteiger partial charge in [0.1, 0.15) is 6.10 Å². The zero-order valence-electron chi connectivity index (χ0n) is 16.2. The van der Waals surface area contributed by atoms with Crippen LogP contribution in [0.5, 0.6) is 11.5 Å². The largest absolute Gasteiger partial charge is 0.482 e. The standard InChI is InChI=1S/C19H21N3O7S/c1-12-17(29-14-5-3-2-4-13(14)27-12)19(24)21-8-10-22(11-9-21)30(25,26)16-7-6-15(28-16)18(20)23/h2-7,12,17H,8-11H2,1H3,(H2,20,23). The number of amides is 2. The third kappa shape index (κ3) is 3.61. The minimum absolute atomic E-state index is 0.0826. The number of para-hydroxylation sites is 2. The van der Waals surface area contributed by atoms with Crippen molar-refractivity contribution in [2.45, 2.75) is 24.2 Å². The Labute approximate surface area is 173 Å². The zero-order valence-corrected chi connectivity index (χ0v) is 17.0. The molecule has 2 amide bonds. The van der Waals surface area contributed by atoms with Gasteiger partial charge in [0.25, 0.3) is 21.8 Å². The summed E-state index contributed by atoms with van der Waals surface area (Å²) in [5, 5.41) is -0.356. The fourth-order valence-electron chi connectivity index (χ4n) is 3.44. The summed E-state index contributed by atoms with van der Waals surface area (Å²) < 4.78 is 43.3. The molecule has 1 saturated heterocycles. The number of nitrogens with two attached hydrogens (primary N) is 1. The molecule has 30 heavy (non-hydrogen) atoms. The number of nitrogens with zero attached hydrogens (tertiary/aromatic N) is 2. The summed E-state index contributed by atoms with van der Waals surface area (Å²) in [5.41, 5.74) is 5.10. The number of primary amides is 1. The van der Waals surface area contributed by atoms with Crippen LogP contribution in [0, 0.1) is 0 Å². The molecule has 4 rings (SSSR count). The number of carbonyl (C=O) groups is 2. The van der Waals surface area contributed by atoms with Crippen molar-refractivity contribution in [3.05, 3.63) is 42.2 Å². The van der Waals surface area contributed by atoms with E-state index in [-0.39, 0.29) is 42.9 Å². The first-order chi connectivity index (χ1) is 14.3. The number of ether oxygens (including phenoxy) is 2. The summed E-state index contributed by atoms with van der Waals surface area (Å²) in [6.07, 6.45) is -1.30. The lowest BCUT2D eigenvalue weighted by molar-refractivity contribution is -0.145. The molecule has 1 aromatic carbocycles. The highest BCUT2D eigenvalue weighted by atomic mass is 32.2. The van der Waals surface area contributed by atoms with Gasteiger partial charge in [0.2, 0.25) is 11.2 Å². The Morgan fingerprint density at radius 2 is 1.63 bits per heavy atom. The first-order valence-corrected chi connectivity index (χ1v) is 10.8. The second-order valence-electron chi connectivity index (χ2n) is 7.02. The Balaban J connectivity index is 1.41. The molecule has 1 aromatic heterocycles. The van der Waals surface area contributed by atoms with Gasteiger partial charge in [0.05, 0.1) is 0 Å². The lowest BCUT2D eigenvalue weighted by atomic mass is 10.1. The SMILES string of the molecule is CC1Oc2ccccc2OC1C(=O)N1CCN(S(=O)(=O)c2ccc(C(N)=O)o2)CC1. The van der Waals surface area contributed by atoms with E-state index in [0.29, 0.717) is 11.5 Å². The number of rotatable bonds is 4. The van der Waals surface area contributed by atoms with Crippen molar-refractivity contribution in [3.8, 4) is 11.5 Å². The Kier molecular flexibility index (Phi) is 5.16. The molecule has 0 saturated carbocycles. The van der Waals surface area contributed by atoms with Crippen LogP contribution >= 0.6 is 0 Å². The van der Waals surface area contributed by atoms with Crippen molar-refractivity contribution >= 4 is 21.8 Å². The molecule has 0 spiro atoms. The maximum atomic E-state index is 13.0. The Bertz CT molecular complexity index is 1070. The summed E-state index contributed by atoms with van der Waals surface area (Å²) in [5.74, 6) is -0.261. The molecule has 2 atom stereocenters. The second-order valence-corrected chi connectivity index (χ2v) is 8.89. The number of fused-ring (bicyclic) bond motifs is 1. The molecule has 1 fully saturated rings. The molecular weight excluding hydrogens is 414 g/mol. The van der Waals surface area contributed by atoms with Crippen molar-refractivity contribution in [1.29, 1.82) is 0 Å². The van der Waals surface area contributed by atoms with Crippen LogP contribution in [0.3, 0.4) is 0 Å². The van der Waals surface area contributed by atoms with Crippen LogP contribution in [0.1, 0.15) is 17.5 Å². The Hall–Kier alpha value is -3.05. The third-order valence-electron chi connectivity index (χ3n) is 5.05. The minimum Gasteiger partial charge on any atom is -0.482 e. The lowest BCUT2D eigenvalue weighted by Crippen LogP contribution is -2.56. The van der Waals surface area contributed by atoms with E-state index in [1.807, 2.05) is 6.07 Å². The van der Waals surface area contributed by atoms with E-state index < -0.39 is 28.1 Å². The Morgan fingerprint density at radius 1 is 1.00 bits per heavy atom. The van der Waals surface area contributed by atoms with Gasteiger partial charge in [-0.2, -0.15) is 4.31 Å². The van der Waals surface area contributed by atoms with Crippen molar-refractivity contribution < 1.29 is 31.9 Å². The first kappa shape index (κ1) is 20.2. The van der Waals surface area contributed by atoms with Crippen molar-refractivity contribution in [3.63, 3.8) is 0 Å². The van der Waals surface area contributed by atoms with Crippen molar-refractivity contribution in [1.82, 2.24) is 9.21 Å². The maximum Gasteiger partial charge on any atom is 0.284 e. The van der Waals surface area contributed by atoms with Gasteiger partial charge in [-0.25, -0.2) is 8.42 Å². The van der Waals surface area contributed by atoms with Gasteiger partial charge in [-0.3, -0.25) is 9.59 Å². The van der Waals surface area contributed by atoms with Crippen LogP contribution in [0.2, 0.25) is 0 Å². The monoisotopic (exact) mass is 435 g/mol. The summed E-state index contributed by atoms with van der Waals surface area (Å²) in [4.78, 5) is 25.7. The molecule has 2 aliphatic rings. The minimum atomic E-state index is -3.93. The molecule has 3 heterocycles. The average molecular weight is 435 g/mol. The molecule has 11 heteroatoms. The van der Waals surface area contributed by atoms with E-state index in [0.717, 1.165) is 0 Å². The van der Waals surface area contributed by atoms with Crippen LogP contribution in [0.25, 0.3) is 0 Å². The highest BCUT2D eigenvalue weighted by Gasteiger charge is 2.39. The highest BCUT2D eigenvalue weighted by molar-refractivity contribution is 7.89. The summed E-state index contributed by atoms with van der Waals surface area (Å²) in [6, 6.07) is 9.53. The van der Waals surface area contributed by atoms with Gasteiger partial charge in [0, 0.05) is 26.2 Å². The molecule has 0 radical (unpaired) electrons. The summed E-state index contributed by atoms with van der Waals surface area (Å²) >= 11 is 0. The third-order valence-corrected chi connectivity index (χ3v) is 6.83. The van der Waals surface area contributed by atoms with Gasteiger partial charge in [0.15, 0.2) is 17.3 Å². The number of hydrogen-bond acceptors (Lipinski definition) is 7. The zero-order chi connectivity index (χ0) is 21.5. The van der Waals surface area contributed by atoms with E-state index in [9.17, 15) is 18.0 Å². The molecule has 160 valence electrons. The second kappa shape index (κ2) is 7.65. The summed E-state index contributed by atoms with van der Waals surface area (Å²) in [7, 11) is -3.93. The summed E-state index contributed by atoms with van der Waals surface area (Å²) in [6.45, 7) is 2.30. The Morgan fingerprint density at radius 3 is 2.23 bits per heavy atom. The highest BCUT2D eigenvalue weighted by Crippen LogP contribution is 2.34. The van der Waals surface area contributed by atoms with E-state index >= 15 is 0 Å². The van der Waals surface area contributed by atoms with E-state index in [2.05, 4.69) is 0 Å². The fraction of sp³-hybridized carbons (Fsp3) is 0.368. The number of piperazine rings is 1. The molecule has 0 bridgehead atoms. The molecule has 2 unspecified atom stereocenters. The predicted molar refractivity (Wildman–Crippen MR) is 104 cm³/mol. The molecule has 2 N–H and O–H groups in total. The number of carbonyl (C=O) groups excluding carboxylic acids is 2. The van der Waals surface area contributed by atoms with Crippen LogP contribution in [-0.4, -0.2) is 67.8 Å². The number of furan rings is 1. The van der Waals surface area contributed by atoms with Crippen LogP contribution in [0.4, 0.5) is 0 Å². The van der Waals surface area contributed by atoms with Gasteiger partial charge < -0.3 is 24.5 Å². The molecule has 2 aliphatic heterocycles. The van der Waals surface area contributed by atoms with Crippen molar-refractivity contribution in [2.75, 3.05) is 26.2 Å². The van der Waals surface area contributed by atoms with Gasteiger partial charge in [-0.1, -0.05) is 12.1 Å². The molecule has 0 aliphatic carbocycles. The van der Waals surface area contributed by atoms with Gasteiger partial charge in [-0.15, -0.1) is 0 Å². The first-order valence-electron chi connectivity index (χ1n) is 9.38. The van der Waals surface area contributed by atoms with Crippen LogP contribution in [-0.2, 0) is 14.8 Å². The van der Waals surface area contributed by atoms with Gasteiger partial charge >= 0.3 is 0 Å². The van der Waals surface area contributed by atoms with Crippen LogP contribution in [0.15, 0.2) is 45.9 Å². The van der Waals surface area contributed by atoms with E-state index in [1.54, 1.807) is 30.0 Å². The smallest absolute Gasteiger partial charge is 0.284 e. The number of hydrogen-bond donors (Lipinski definition) is 1. The van der Waals surface area contributed by atoms with E-state index in [4.69, 9.17) is 19.6 Å². The van der Waals surface area contributed by atoms with Gasteiger partial charge in [-0.05, 0) is 31.2 Å². The van der Waals surface area contributed by atoms with Crippen LogP contribution < -0.4 is 15.2 Å². The lowest BCUT2D eigenvalue weighted by Gasteiger charge is -2.38. The average Bonchev–Trinajstić information content (AvgIpc) is 3.24. The topological polar surface area (TPSA) is 132 Å². The molecule has 10 nitrogen and oxygen atoms in total.